The van der Waals surface area contributed by atoms with Crippen molar-refractivity contribution >= 4 is 17.6 Å². The molecule has 8 heteroatoms. The summed E-state index contributed by atoms with van der Waals surface area (Å²) in [6, 6.07) is 11.9. The monoisotopic (exact) mass is 301 g/mol. The normalized spacial score (nSPS) is 10.5. The highest BCUT2D eigenvalue weighted by Gasteiger charge is 2.06. The second-order valence-electron chi connectivity index (χ2n) is 4.29. The van der Waals surface area contributed by atoms with E-state index in [1.54, 1.807) is 24.3 Å². The fourth-order valence-corrected chi connectivity index (χ4v) is 1.69. The molecule has 0 spiro atoms. The largest absolute Gasteiger partial charge is 0.391 e. The Kier molecular flexibility index (Phi) is 4.76. The van der Waals surface area contributed by atoms with Gasteiger partial charge in [-0.15, -0.1) is 0 Å². The van der Waals surface area contributed by atoms with Crippen LogP contribution in [0, 0.1) is 20.2 Å². The van der Waals surface area contributed by atoms with Crippen molar-refractivity contribution in [1.82, 2.24) is 0 Å². The summed E-state index contributed by atoms with van der Waals surface area (Å²) in [5, 5.41) is 25.0. The van der Waals surface area contributed by atoms with Gasteiger partial charge in [0.05, 0.1) is 16.1 Å². The molecule has 2 aromatic rings. The van der Waals surface area contributed by atoms with Crippen LogP contribution < -0.4 is 0 Å². The third kappa shape index (κ3) is 4.10. The van der Waals surface area contributed by atoms with Crippen LogP contribution in [0.1, 0.15) is 11.1 Å². The molecule has 0 heterocycles. The maximum Gasteiger partial charge on any atom is 0.270 e. The van der Waals surface area contributed by atoms with Gasteiger partial charge in [0.15, 0.2) is 0 Å². The van der Waals surface area contributed by atoms with Gasteiger partial charge in [-0.1, -0.05) is 29.4 Å². The van der Waals surface area contributed by atoms with Crippen molar-refractivity contribution in [2.45, 2.75) is 6.61 Å². The molecule has 0 N–H and O–H groups in total. The third-order valence-electron chi connectivity index (χ3n) is 2.71. The molecular formula is C14H11N3O5. The molecule has 0 atom stereocenters. The number of nitro groups is 2. The van der Waals surface area contributed by atoms with E-state index >= 15 is 0 Å². The van der Waals surface area contributed by atoms with E-state index < -0.39 is 9.85 Å². The zero-order valence-corrected chi connectivity index (χ0v) is 11.3. The van der Waals surface area contributed by atoms with Crippen LogP contribution in [0.15, 0.2) is 53.7 Å². The highest BCUT2D eigenvalue weighted by molar-refractivity contribution is 5.80. The summed E-state index contributed by atoms with van der Waals surface area (Å²) >= 11 is 0. The van der Waals surface area contributed by atoms with Crippen molar-refractivity contribution in [2.75, 3.05) is 0 Å². The minimum Gasteiger partial charge on any atom is -0.391 e. The molecule has 0 aliphatic carbocycles. The number of rotatable bonds is 6. The number of hydrogen-bond donors (Lipinski definition) is 0. The van der Waals surface area contributed by atoms with E-state index in [0.29, 0.717) is 11.1 Å². The molecule has 0 saturated heterocycles. The molecule has 22 heavy (non-hydrogen) atoms. The summed E-state index contributed by atoms with van der Waals surface area (Å²) in [5.41, 5.74) is 1.06. The zero-order valence-electron chi connectivity index (χ0n) is 11.3. The Hall–Kier alpha value is -3.29. The molecule has 0 aromatic heterocycles. The van der Waals surface area contributed by atoms with Crippen LogP contribution >= 0.6 is 0 Å². The van der Waals surface area contributed by atoms with E-state index in [2.05, 4.69) is 5.16 Å². The molecule has 0 saturated carbocycles. The molecule has 112 valence electrons. The molecule has 0 unspecified atom stereocenters. The minimum absolute atomic E-state index is 0.0243. The first-order valence-corrected chi connectivity index (χ1v) is 6.19. The first-order valence-electron chi connectivity index (χ1n) is 6.19. The van der Waals surface area contributed by atoms with Crippen molar-refractivity contribution in [3.63, 3.8) is 0 Å². The maximum absolute atomic E-state index is 10.6. The smallest absolute Gasteiger partial charge is 0.270 e. The number of nitrogens with zero attached hydrogens (tertiary/aromatic N) is 3. The first-order chi connectivity index (χ1) is 10.6. The standard InChI is InChI=1S/C14H11N3O5/c18-16(19)13-5-1-3-11(7-13)9-15-22-10-12-4-2-6-14(8-12)17(20)21/h1-9H,10H2/b15-9-. The average Bonchev–Trinajstić information content (AvgIpc) is 2.52. The van der Waals surface area contributed by atoms with Gasteiger partial charge in [-0.3, -0.25) is 20.2 Å². The van der Waals surface area contributed by atoms with E-state index in [9.17, 15) is 20.2 Å². The van der Waals surface area contributed by atoms with Gasteiger partial charge in [0.1, 0.15) is 6.61 Å². The molecule has 0 bridgehead atoms. The summed E-state index contributed by atoms with van der Waals surface area (Å²) in [6.07, 6.45) is 1.34. The van der Waals surface area contributed by atoms with Crippen LogP contribution in [-0.4, -0.2) is 16.1 Å². The van der Waals surface area contributed by atoms with Crippen LogP contribution in [0.4, 0.5) is 11.4 Å². The summed E-state index contributed by atoms with van der Waals surface area (Å²) < 4.78 is 0. The van der Waals surface area contributed by atoms with Crippen molar-refractivity contribution in [3.8, 4) is 0 Å². The van der Waals surface area contributed by atoms with Gasteiger partial charge in [0, 0.05) is 29.8 Å². The SMILES string of the molecule is O=[N+]([O-])c1cccc(/C=N\OCc2cccc([N+](=O)[O-])c2)c1. The Morgan fingerprint density at radius 3 is 2.32 bits per heavy atom. The first kappa shape index (κ1) is 15.1. The summed E-state index contributed by atoms with van der Waals surface area (Å²) in [4.78, 5) is 25.3. The van der Waals surface area contributed by atoms with Crippen molar-refractivity contribution in [2.24, 2.45) is 5.16 Å². The van der Waals surface area contributed by atoms with Gasteiger partial charge >= 0.3 is 0 Å². The Bertz CT molecular complexity index is 730. The van der Waals surface area contributed by atoms with Gasteiger partial charge in [-0.05, 0) is 5.56 Å². The van der Waals surface area contributed by atoms with Gasteiger partial charge in [0.2, 0.25) is 0 Å². The quantitative estimate of drug-likeness (QED) is 0.463. The summed E-state index contributed by atoms with van der Waals surface area (Å²) in [6.45, 7) is 0.0626. The van der Waals surface area contributed by atoms with Crippen LogP contribution in [0.5, 0.6) is 0 Å². The molecule has 0 aliphatic rings. The summed E-state index contributed by atoms with van der Waals surface area (Å²) in [7, 11) is 0. The number of hydrogen-bond acceptors (Lipinski definition) is 6. The minimum atomic E-state index is -0.499. The Morgan fingerprint density at radius 2 is 1.64 bits per heavy atom. The number of oxime groups is 1. The Balaban J connectivity index is 1.96. The van der Waals surface area contributed by atoms with Gasteiger partial charge in [-0.25, -0.2) is 0 Å². The van der Waals surface area contributed by atoms with Gasteiger partial charge in [0.25, 0.3) is 11.4 Å². The highest BCUT2D eigenvalue weighted by atomic mass is 16.6. The molecule has 0 fully saturated rings. The molecule has 0 aliphatic heterocycles. The van der Waals surface area contributed by atoms with Crippen LogP contribution in [-0.2, 0) is 11.4 Å². The third-order valence-corrected chi connectivity index (χ3v) is 2.71. The van der Waals surface area contributed by atoms with E-state index in [1.807, 2.05) is 0 Å². The summed E-state index contributed by atoms with van der Waals surface area (Å²) in [5.74, 6) is 0. The van der Waals surface area contributed by atoms with Crippen molar-refractivity contribution in [1.29, 1.82) is 0 Å². The molecule has 8 nitrogen and oxygen atoms in total. The lowest BCUT2D eigenvalue weighted by Gasteiger charge is -2.00. The topological polar surface area (TPSA) is 108 Å². The predicted octanol–water partition coefficient (Wildman–Crippen LogP) is 3.05. The van der Waals surface area contributed by atoms with Crippen molar-refractivity contribution in [3.05, 3.63) is 79.9 Å². The van der Waals surface area contributed by atoms with E-state index in [4.69, 9.17) is 4.84 Å². The van der Waals surface area contributed by atoms with Crippen LogP contribution in [0.25, 0.3) is 0 Å². The Labute approximate surface area is 124 Å². The van der Waals surface area contributed by atoms with Gasteiger partial charge in [-0.2, -0.15) is 0 Å². The fourth-order valence-electron chi connectivity index (χ4n) is 1.69. The molecule has 2 aromatic carbocycles. The van der Waals surface area contributed by atoms with Crippen LogP contribution in [0.3, 0.4) is 0 Å². The van der Waals surface area contributed by atoms with Crippen LogP contribution in [0.2, 0.25) is 0 Å². The fraction of sp³-hybridized carbons (Fsp3) is 0.0714. The molecule has 0 radical (unpaired) electrons. The molecule has 0 amide bonds. The number of nitro benzene ring substituents is 2. The predicted molar refractivity (Wildman–Crippen MR) is 78.6 cm³/mol. The molecular weight excluding hydrogens is 290 g/mol. The second-order valence-corrected chi connectivity index (χ2v) is 4.29. The zero-order chi connectivity index (χ0) is 15.9. The van der Waals surface area contributed by atoms with Crippen molar-refractivity contribution < 1.29 is 14.7 Å². The highest BCUT2D eigenvalue weighted by Crippen LogP contribution is 2.14. The van der Waals surface area contributed by atoms with E-state index in [-0.39, 0.29) is 18.0 Å². The van der Waals surface area contributed by atoms with E-state index in [1.165, 1.54) is 30.5 Å². The lowest BCUT2D eigenvalue weighted by Crippen LogP contribution is -1.92. The number of non-ortho nitro benzene ring substituents is 2. The van der Waals surface area contributed by atoms with E-state index in [0.717, 1.165) is 0 Å². The molecule has 2 rings (SSSR count). The maximum atomic E-state index is 10.6. The van der Waals surface area contributed by atoms with Gasteiger partial charge < -0.3 is 4.84 Å². The lowest BCUT2D eigenvalue weighted by atomic mass is 10.2. The second kappa shape index (κ2) is 6.93. The Morgan fingerprint density at radius 1 is 1.00 bits per heavy atom. The number of benzene rings is 2. The average molecular weight is 301 g/mol. The lowest BCUT2D eigenvalue weighted by molar-refractivity contribution is -0.385.